The Hall–Kier alpha value is -0.300. The van der Waals surface area contributed by atoms with Gasteiger partial charge in [-0.05, 0) is 32.6 Å². The van der Waals surface area contributed by atoms with E-state index in [-0.39, 0.29) is 0 Å². The average molecular weight is 209 g/mol. The lowest BCUT2D eigenvalue weighted by molar-refractivity contribution is 0.394. The van der Waals surface area contributed by atoms with Gasteiger partial charge in [-0.2, -0.15) is 0 Å². The molecule has 88 valence electrons. The summed E-state index contributed by atoms with van der Waals surface area (Å²) in [5.74, 6) is 0. The van der Waals surface area contributed by atoms with Gasteiger partial charge in [0.15, 0.2) is 0 Å². The highest BCUT2D eigenvalue weighted by Gasteiger charge is 2.11. The van der Waals surface area contributed by atoms with Crippen LogP contribution in [0.2, 0.25) is 0 Å². The molecule has 2 atom stereocenters. The Kier molecular flexibility index (Phi) is 6.74. The van der Waals surface area contributed by atoms with Crippen LogP contribution in [0.1, 0.15) is 65.2 Å². The van der Waals surface area contributed by atoms with E-state index in [0.717, 1.165) is 6.04 Å². The number of hydrogen-bond acceptors (Lipinski definition) is 1. The lowest BCUT2D eigenvalue weighted by Gasteiger charge is -2.24. The molecule has 0 saturated heterocycles. The molecule has 0 aromatic carbocycles. The molecule has 0 saturated carbocycles. The SMILES string of the molecule is CCCCCCC(C)NC1CC=CCC1. The molecule has 1 N–H and O–H groups in total. The molecule has 1 rings (SSSR count). The van der Waals surface area contributed by atoms with Gasteiger partial charge in [-0.15, -0.1) is 0 Å². The van der Waals surface area contributed by atoms with Crippen molar-refractivity contribution in [1.29, 1.82) is 0 Å². The third-order valence-electron chi connectivity index (χ3n) is 3.28. The zero-order valence-electron chi connectivity index (χ0n) is 10.5. The minimum absolute atomic E-state index is 0.707. The topological polar surface area (TPSA) is 12.0 Å². The zero-order chi connectivity index (χ0) is 10.9. The summed E-state index contributed by atoms with van der Waals surface area (Å²) in [7, 11) is 0. The smallest absolute Gasteiger partial charge is 0.0107 e. The van der Waals surface area contributed by atoms with Gasteiger partial charge in [-0.3, -0.25) is 0 Å². The van der Waals surface area contributed by atoms with Gasteiger partial charge in [0, 0.05) is 12.1 Å². The molecule has 15 heavy (non-hydrogen) atoms. The fourth-order valence-electron chi connectivity index (χ4n) is 2.31. The maximum absolute atomic E-state index is 3.74. The Morgan fingerprint density at radius 1 is 1.27 bits per heavy atom. The fraction of sp³-hybridized carbons (Fsp3) is 0.857. The molecule has 1 heteroatoms. The number of hydrogen-bond donors (Lipinski definition) is 1. The summed E-state index contributed by atoms with van der Waals surface area (Å²) in [6.07, 6.45) is 15.4. The van der Waals surface area contributed by atoms with Crippen LogP contribution in [0.4, 0.5) is 0 Å². The maximum Gasteiger partial charge on any atom is 0.0107 e. The number of rotatable bonds is 7. The lowest BCUT2D eigenvalue weighted by Crippen LogP contribution is -2.36. The highest BCUT2D eigenvalue weighted by atomic mass is 14.9. The van der Waals surface area contributed by atoms with Gasteiger partial charge >= 0.3 is 0 Å². The molecule has 1 aliphatic rings. The molecule has 0 fully saturated rings. The van der Waals surface area contributed by atoms with E-state index < -0.39 is 0 Å². The van der Waals surface area contributed by atoms with Crippen molar-refractivity contribution in [2.24, 2.45) is 0 Å². The van der Waals surface area contributed by atoms with Crippen LogP contribution in [0.5, 0.6) is 0 Å². The first-order chi connectivity index (χ1) is 7.33. The number of unbranched alkanes of at least 4 members (excludes halogenated alkanes) is 3. The second-order valence-electron chi connectivity index (χ2n) is 4.90. The zero-order valence-corrected chi connectivity index (χ0v) is 10.5. The van der Waals surface area contributed by atoms with Crippen LogP contribution >= 0.6 is 0 Å². The first-order valence-electron chi connectivity index (χ1n) is 6.74. The van der Waals surface area contributed by atoms with Crippen LogP contribution in [0.15, 0.2) is 12.2 Å². The highest BCUT2D eigenvalue weighted by Crippen LogP contribution is 2.13. The van der Waals surface area contributed by atoms with E-state index in [1.54, 1.807) is 0 Å². The number of allylic oxidation sites excluding steroid dienone is 1. The van der Waals surface area contributed by atoms with E-state index in [2.05, 4.69) is 31.3 Å². The molecular formula is C14H27N. The summed E-state index contributed by atoms with van der Waals surface area (Å²) in [4.78, 5) is 0. The third-order valence-corrected chi connectivity index (χ3v) is 3.28. The summed E-state index contributed by atoms with van der Waals surface area (Å²) in [5.41, 5.74) is 0. The van der Waals surface area contributed by atoms with Crippen LogP contribution in [-0.2, 0) is 0 Å². The molecule has 0 bridgehead atoms. The van der Waals surface area contributed by atoms with Crippen molar-refractivity contribution in [3.05, 3.63) is 12.2 Å². The molecule has 0 spiro atoms. The third kappa shape index (κ3) is 5.99. The molecule has 1 nitrogen and oxygen atoms in total. The average Bonchev–Trinajstić information content (AvgIpc) is 2.26. The second-order valence-corrected chi connectivity index (χ2v) is 4.90. The summed E-state index contributed by atoms with van der Waals surface area (Å²) in [6.45, 7) is 4.61. The van der Waals surface area contributed by atoms with Gasteiger partial charge in [-0.25, -0.2) is 0 Å². The van der Waals surface area contributed by atoms with Crippen molar-refractivity contribution in [2.75, 3.05) is 0 Å². The molecule has 0 radical (unpaired) electrons. The predicted octanol–water partition coefficient (Wildman–Crippen LogP) is 4.04. The van der Waals surface area contributed by atoms with Crippen LogP contribution in [0, 0.1) is 0 Å². The van der Waals surface area contributed by atoms with Gasteiger partial charge in [0.25, 0.3) is 0 Å². The van der Waals surface area contributed by atoms with Gasteiger partial charge in [0.05, 0.1) is 0 Å². The Morgan fingerprint density at radius 2 is 2.13 bits per heavy atom. The minimum atomic E-state index is 0.707. The Labute approximate surface area is 95.3 Å². The molecule has 0 amide bonds. The van der Waals surface area contributed by atoms with Gasteiger partial charge in [0.1, 0.15) is 0 Å². The summed E-state index contributed by atoms with van der Waals surface area (Å²) in [5, 5.41) is 3.74. The van der Waals surface area contributed by atoms with Crippen molar-refractivity contribution in [1.82, 2.24) is 5.32 Å². The minimum Gasteiger partial charge on any atom is -0.311 e. The molecule has 0 aliphatic heterocycles. The normalized spacial score (nSPS) is 22.9. The van der Waals surface area contributed by atoms with Crippen molar-refractivity contribution in [3.8, 4) is 0 Å². The molecule has 0 aromatic heterocycles. The lowest BCUT2D eigenvalue weighted by atomic mass is 10.00. The molecule has 0 aromatic rings. The van der Waals surface area contributed by atoms with E-state index in [1.807, 2.05) is 0 Å². The first-order valence-corrected chi connectivity index (χ1v) is 6.74. The van der Waals surface area contributed by atoms with Crippen LogP contribution in [-0.4, -0.2) is 12.1 Å². The van der Waals surface area contributed by atoms with Gasteiger partial charge in [0.2, 0.25) is 0 Å². The van der Waals surface area contributed by atoms with Crippen molar-refractivity contribution in [3.63, 3.8) is 0 Å². The van der Waals surface area contributed by atoms with Crippen molar-refractivity contribution >= 4 is 0 Å². The van der Waals surface area contributed by atoms with Gasteiger partial charge < -0.3 is 5.32 Å². The molecule has 0 heterocycles. The quantitative estimate of drug-likeness (QED) is 0.493. The van der Waals surface area contributed by atoms with E-state index >= 15 is 0 Å². The largest absolute Gasteiger partial charge is 0.311 e. The standard InChI is InChI=1S/C14H27N/c1-3-4-5-7-10-13(2)15-14-11-8-6-9-12-14/h6,8,13-15H,3-5,7,9-12H2,1-2H3. The summed E-state index contributed by atoms with van der Waals surface area (Å²) < 4.78 is 0. The Morgan fingerprint density at radius 3 is 2.80 bits per heavy atom. The second kappa shape index (κ2) is 7.92. The van der Waals surface area contributed by atoms with E-state index in [0.29, 0.717) is 6.04 Å². The summed E-state index contributed by atoms with van der Waals surface area (Å²) >= 11 is 0. The van der Waals surface area contributed by atoms with Crippen LogP contribution in [0.3, 0.4) is 0 Å². The van der Waals surface area contributed by atoms with Crippen LogP contribution < -0.4 is 5.32 Å². The molecule has 1 aliphatic carbocycles. The monoisotopic (exact) mass is 209 g/mol. The van der Waals surface area contributed by atoms with Gasteiger partial charge in [-0.1, -0.05) is 44.8 Å². The van der Waals surface area contributed by atoms with E-state index in [1.165, 1.54) is 51.4 Å². The summed E-state index contributed by atoms with van der Waals surface area (Å²) in [6, 6.07) is 1.45. The number of nitrogens with one attached hydrogen (secondary N) is 1. The first kappa shape index (κ1) is 12.8. The molecular weight excluding hydrogens is 182 g/mol. The predicted molar refractivity (Wildman–Crippen MR) is 68.1 cm³/mol. The Balaban J connectivity index is 2.02. The Bertz CT molecular complexity index is 174. The van der Waals surface area contributed by atoms with E-state index in [9.17, 15) is 0 Å². The maximum atomic E-state index is 3.74. The van der Waals surface area contributed by atoms with Crippen molar-refractivity contribution < 1.29 is 0 Å². The van der Waals surface area contributed by atoms with Crippen LogP contribution in [0.25, 0.3) is 0 Å². The molecule has 2 unspecified atom stereocenters. The van der Waals surface area contributed by atoms with Crippen molar-refractivity contribution in [2.45, 2.75) is 77.3 Å². The van der Waals surface area contributed by atoms with E-state index in [4.69, 9.17) is 0 Å². The highest BCUT2D eigenvalue weighted by molar-refractivity contribution is 4.93. The fourth-order valence-corrected chi connectivity index (χ4v) is 2.31.